The second-order valence-electron chi connectivity index (χ2n) is 8.30. The van der Waals surface area contributed by atoms with Crippen molar-refractivity contribution >= 4 is 16.9 Å². The first-order valence-electron chi connectivity index (χ1n) is 11.1. The maximum absolute atomic E-state index is 13.5. The first kappa shape index (κ1) is 24.2. The van der Waals surface area contributed by atoms with Crippen LogP contribution in [-0.2, 0) is 17.8 Å². The Morgan fingerprint density at radius 3 is 2.37 bits per heavy atom. The highest BCUT2D eigenvalue weighted by Gasteiger charge is 2.26. The van der Waals surface area contributed by atoms with E-state index < -0.39 is 35.2 Å². The summed E-state index contributed by atoms with van der Waals surface area (Å²) in [7, 11) is 0. The van der Waals surface area contributed by atoms with Gasteiger partial charge in [-0.1, -0.05) is 52.8 Å². The normalized spacial score (nSPS) is 13.0. The zero-order valence-corrected chi connectivity index (χ0v) is 18.6. The van der Waals surface area contributed by atoms with Crippen LogP contribution in [-0.4, -0.2) is 37.3 Å². The number of halogens is 2. The Morgan fingerprint density at radius 2 is 1.66 bits per heavy atom. The maximum atomic E-state index is 13.5. The molecular weight excluding hydrogens is 456 g/mol. The minimum Gasteiger partial charge on any atom is -0.481 e. The van der Waals surface area contributed by atoms with Gasteiger partial charge in [-0.15, -0.1) is 0 Å². The number of rotatable bonds is 9. The van der Waals surface area contributed by atoms with Crippen molar-refractivity contribution in [3.63, 3.8) is 0 Å². The average Bonchev–Trinajstić information content (AvgIpc) is 2.86. The number of hydrogen-bond donors (Lipinski definition) is 2. The van der Waals surface area contributed by atoms with E-state index >= 15 is 0 Å². The molecule has 1 heterocycles. The van der Waals surface area contributed by atoms with Crippen LogP contribution in [0.25, 0.3) is 22.0 Å². The summed E-state index contributed by atoms with van der Waals surface area (Å²) in [6.07, 6.45) is -0.341. The van der Waals surface area contributed by atoms with Crippen molar-refractivity contribution < 1.29 is 23.8 Å². The van der Waals surface area contributed by atoms with E-state index in [9.17, 15) is 28.6 Å². The molecule has 4 rings (SSSR count). The lowest BCUT2D eigenvalue weighted by molar-refractivity contribution is -0.146. The standard InChI is InChI=1S/C26H23F2N3O4/c27-21-11-10-18(15-22(21)28)17-8-5-16(6-9-17)7-12-24(32)20(26(34)35)13-14-31-23-4-2-1-3-19(23)25(33)29-30-31/h1-6,8-11,15,20,24,32H,7,12-14H2,(H,34,35)/t20-,24+/m0/s1. The third-order valence-electron chi connectivity index (χ3n) is 6.03. The number of aliphatic hydroxyl groups excluding tert-OH is 1. The molecule has 2 atom stereocenters. The van der Waals surface area contributed by atoms with Crippen LogP contribution in [0.15, 0.2) is 71.5 Å². The molecule has 4 aromatic rings. The molecule has 1 aromatic heterocycles. The monoisotopic (exact) mass is 479 g/mol. The molecule has 7 nitrogen and oxygen atoms in total. The van der Waals surface area contributed by atoms with E-state index in [1.165, 1.54) is 10.7 Å². The second kappa shape index (κ2) is 10.5. The zero-order chi connectivity index (χ0) is 24.9. The van der Waals surface area contributed by atoms with Gasteiger partial charge in [0.2, 0.25) is 0 Å². The lowest BCUT2D eigenvalue weighted by Crippen LogP contribution is -2.30. The highest BCUT2D eigenvalue weighted by atomic mass is 19.2. The fourth-order valence-electron chi connectivity index (χ4n) is 4.04. The molecule has 0 aliphatic carbocycles. The van der Waals surface area contributed by atoms with Crippen LogP contribution in [0.5, 0.6) is 0 Å². The number of carboxylic acids is 1. The van der Waals surface area contributed by atoms with Crippen molar-refractivity contribution in [2.45, 2.75) is 31.9 Å². The quantitative estimate of drug-likeness (QED) is 0.378. The van der Waals surface area contributed by atoms with E-state index in [1.54, 1.807) is 48.5 Å². The van der Waals surface area contributed by atoms with Crippen LogP contribution < -0.4 is 5.56 Å². The van der Waals surface area contributed by atoms with Crippen molar-refractivity contribution in [3.05, 3.63) is 94.3 Å². The molecule has 0 spiro atoms. The average molecular weight is 479 g/mol. The van der Waals surface area contributed by atoms with Gasteiger partial charge >= 0.3 is 5.97 Å². The van der Waals surface area contributed by atoms with Gasteiger partial charge in [0.15, 0.2) is 11.6 Å². The highest BCUT2D eigenvalue weighted by molar-refractivity contribution is 5.77. The first-order valence-corrected chi connectivity index (χ1v) is 11.1. The molecule has 9 heteroatoms. The van der Waals surface area contributed by atoms with Crippen LogP contribution >= 0.6 is 0 Å². The molecule has 180 valence electrons. The van der Waals surface area contributed by atoms with Crippen LogP contribution in [0.1, 0.15) is 18.4 Å². The Balaban J connectivity index is 1.39. The van der Waals surface area contributed by atoms with Gasteiger partial charge in [0.1, 0.15) is 0 Å². The number of aliphatic hydroxyl groups is 1. The van der Waals surface area contributed by atoms with Gasteiger partial charge in [0.25, 0.3) is 5.56 Å². The maximum Gasteiger partial charge on any atom is 0.309 e. The molecule has 0 unspecified atom stereocenters. The molecule has 0 radical (unpaired) electrons. The zero-order valence-electron chi connectivity index (χ0n) is 18.6. The van der Waals surface area contributed by atoms with E-state index in [0.717, 1.165) is 17.7 Å². The predicted molar refractivity (Wildman–Crippen MR) is 126 cm³/mol. The van der Waals surface area contributed by atoms with Crippen LogP contribution in [0.4, 0.5) is 8.78 Å². The van der Waals surface area contributed by atoms with Gasteiger partial charge in [0.05, 0.1) is 22.9 Å². The number of aromatic nitrogens is 3. The minimum absolute atomic E-state index is 0.104. The topological polar surface area (TPSA) is 105 Å². The molecule has 0 bridgehead atoms. The van der Waals surface area contributed by atoms with Crippen molar-refractivity contribution in [3.8, 4) is 11.1 Å². The van der Waals surface area contributed by atoms with Crippen molar-refractivity contribution in [1.82, 2.24) is 15.0 Å². The van der Waals surface area contributed by atoms with Crippen molar-refractivity contribution in [2.24, 2.45) is 5.92 Å². The van der Waals surface area contributed by atoms with Crippen molar-refractivity contribution in [1.29, 1.82) is 0 Å². The molecule has 2 N–H and O–H groups in total. The van der Waals surface area contributed by atoms with E-state index in [4.69, 9.17) is 0 Å². The molecule has 35 heavy (non-hydrogen) atoms. The number of benzene rings is 3. The number of carboxylic acid groups (broad SMARTS) is 1. The van der Waals surface area contributed by atoms with Crippen LogP contribution in [0.2, 0.25) is 0 Å². The second-order valence-corrected chi connectivity index (χ2v) is 8.30. The summed E-state index contributed by atoms with van der Waals surface area (Å²) in [5.74, 6) is -3.98. The summed E-state index contributed by atoms with van der Waals surface area (Å²) in [6, 6.07) is 17.6. The smallest absolute Gasteiger partial charge is 0.309 e. The van der Waals surface area contributed by atoms with Gasteiger partial charge in [-0.25, -0.2) is 13.5 Å². The van der Waals surface area contributed by atoms with Gasteiger partial charge < -0.3 is 10.2 Å². The van der Waals surface area contributed by atoms with Crippen LogP contribution in [0, 0.1) is 17.6 Å². The van der Waals surface area contributed by atoms with Gasteiger partial charge in [-0.3, -0.25) is 9.59 Å². The van der Waals surface area contributed by atoms with Gasteiger partial charge in [0, 0.05) is 6.54 Å². The van der Waals surface area contributed by atoms with E-state index in [1.807, 2.05) is 0 Å². The molecular formula is C26H23F2N3O4. The Bertz CT molecular complexity index is 1410. The lowest BCUT2D eigenvalue weighted by Gasteiger charge is -2.20. The largest absolute Gasteiger partial charge is 0.481 e. The van der Waals surface area contributed by atoms with Crippen molar-refractivity contribution in [2.75, 3.05) is 0 Å². The Hall–Kier alpha value is -3.98. The number of fused-ring (bicyclic) bond motifs is 1. The first-order chi connectivity index (χ1) is 16.8. The van der Waals surface area contributed by atoms with E-state index in [-0.39, 0.29) is 19.4 Å². The molecule has 3 aromatic carbocycles. The Labute approximate surface area is 199 Å². The number of para-hydroxylation sites is 1. The molecule has 0 amide bonds. The van der Waals surface area contributed by atoms with E-state index in [0.29, 0.717) is 28.5 Å². The number of hydrogen-bond acceptors (Lipinski definition) is 5. The fraction of sp³-hybridized carbons (Fsp3) is 0.231. The van der Waals surface area contributed by atoms with E-state index in [2.05, 4.69) is 10.3 Å². The third kappa shape index (κ3) is 5.58. The molecule has 0 saturated carbocycles. The Morgan fingerprint density at radius 1 is 0.943 bits per heavy atom. The number of aryl methyl sites for hydroxylation is 2. The molecule has 0 saturated heterocycles. The highest BCUT2D eigenvalue weighted by Crippen LogP contribution is 2.23. The van der Waals surface area contributed by atoms with Crippen LogP contribution in [0.3, 0.4) is 0 Å². The molecule has 0 aliphatic rings. The minimum atomic E-state index is -1.12. The Kier molecular flexibility index (Phi) is 7.26. The SMILES string of the molecule is O=C(O)[C@@H](CCn1nnc(=O)c2ccccc21)[C@H](O)CCc1ccc(-c2ccc(F)c(F)c2)cc1. The molecule has 0 fully saturated rings. The summed E-state index contributed by atoms with van der Waals surface area (Å²) in [4.78, 5) is 23.7. The number of carbonyl (C=O) groups is 1. The summed E-state index contributed by atoms with van der Waals surface area (Å²) >= 11 is 0. The summed E-state index contributed by atoms with van der Waals surface area (Å²) in [5, 5.41) is 28.1. The summed E-state index contributed by atoms with van der Waals surface area (Å²) < 4.78 is 28.1. The fourth-order valence-corrected chi connectivity index (χ4v) is 4.04. The predicted octanol–water partition coefficient (Wildman–Crippen LogP) is 3.82. The van der Waals surface area contributed by atoms with Gasteiger partial charge in [-0.05, 0) is 60.2 Å². The molecule has 0 aliphatic heterocycles. The third-order valence-corrected chi connectivity index (χ3v) is 6.03. The summed E-state index contributed by atoms with van der Waals surface area (Å²) in [5.41, 5.74) is 2.22. The number of aliphatic carboxylic acids is 1. The van der Waals surface area contributed by atoms with Gasteiger partial charge in [-0.2, -0.15) is 0 Å². The lowest BCUT2D eigenvalue weighted by atomic mass is 9.93. The summed E-state index contributed by atoms with van der Waals surface area (Å²) in [6.45, 7) is 0.171. The number of nitrogens with zero attached hydrogens (tertiary/aromatic N) is 3.